The van der Waals surface area contributed by atoms with Crippen molar-refractivity contribution in [2.24, 2.45) is 0 Å². The number of ether oxygens (including phenoxy) is 1. The van der Waals surface area contributed by atoms with Gasteiger partial charge in [-0.1, -0.05) is 0 Å². The molecule has 1 aliphatic rings. The van der Waals surface area contributed by atoms with Crippen LogP contribution in [-0.2, 0) is 4.79 Å². The highest BCUT2D eigenvalue weighted by Crippen LogP contribution is 2.16. The molecule has 0 spiro atoms. The maximum Gasteiger partial charge on any atom is 0.289 e. The Kier molecular flexibility index (Phi) is 5.58. The molecule has 1 atom stereocenters. The molecule has 1 N–H and O–H groups in total. The van der Waals surface area contributed by atoms with E-state index in [0.717, 1.165) is 11.4 Å². The molecule has 0 saturated carbocycles. The fourth-order valence-electron chi connectivity index (χ4n) is 2.96. The van der Waals surface area contributed by atoms with Crippen LogP contribution in [-0.4, -0.2) is 60.9 Å². The third-order valence-corrected chi connectivity index (χ3v) is 4.62. The number of methoxy groups -OCH3 is 1. The zero-order valence-corrected chi connectivity index (χ0v) is 15.0. The second kappa shape index (κ2) is 8.05. The monoisotopic (exact) mass is 357 g/mol. The Morgan fingerprint density at radius 1 is 1.12 bits per heavy atom. The van der Waals surface area contributed by atoms with E-state index in [1.165, 1.54) is 6.26 Å². The first-order valence-corrected chi connectivity index (χ1v) is 8.60. The van der Waals surface area contributed by atoms with E-state index in [9.17, 15) is 9.59 Å². The molecule has 0 bridgehead atoms. The van der Waals surface area contributed by atoms with E-state index in [-0.39, 0.29) is 17.9 Å². The molecule has 7 heteroatoms. The van der Waals surface area contributed by atoms with Crippen molar-refractivity contribution in [1.29, 1.82) is 0 Å². The number of carbonyl (C=O) groups is 2. The molecule has 0 radical (unpaired) electrons. The second-order valence-corrected chi connectivity index (χ2v) is 6.20. The van der Waals surface area contributed by atoms with Gasteiger partial charge in [-0.25, -0.2) is 0 Å². The Labute approximate surface area is 152 Å². The minimum Gasteiger partial charge on any atom is -0.497 e. The maximum atomic E-state index is 12.5. The van der Waals surface area contributed by atoms with Gasteiger partial charge in [0, 0.05) is 31.9 Å². The summed E-state index contributed by atoms with van der Waals surface area (Å²) in [6, 6.07) is 10.3. The van der Waals surface area contributed by atoms with Gasteiger partial charge in [-0.3, -0.25) is 14.5 Å². The molecular weight excluding hydrogens is 334 g/mol. The van der Waals surface area contributed by atoms with E-state index in [2.05, 4.69) is 10.2 Å². The number of amides is 2. The Bertz CT molecular complexity index is 735. The molecule has 1 fully saturated rings. The summed E-state index contributed by atoms with van der Waals surface area (Å²) >= 11 is 0. The maximum absolute atomic E-state index is 12.5. The third-order valence-electron chi connectivity index (χ3n) is 4.62. The van der Waals surface area contributed by atoms with E-state index in [1.54, 1.807) is 36.3 Å². The molecular formula is C19H23N3O4. The van der Waals surface area contributed by atoms with Gasteiger partial charge in [0.15, 0.2) is 5.76 Å². The van der Waals surface area contributed by atoms with Crippen molar-refractivity contribution < 1.29 is 18.7 Å². The normalized spacial score (nSPS) is 16.2. The zero-order chi connectivity index (χ0) is 18.5. The van der Waals surface area contributed by atoms with Crippen LogP contribution in [0.2, 0.25) is 0 Å². The standard InChI is InChI=1S/C19H23N3O4/c1-14(18(23)20-15-5-7-16(25-2)8-6-15)21-9-11-22(12-10-21)19(24)17-4-3-13-26-17/h3-8,13-14H,9-12H2,1-2H3,(H,20,23)/t14-/m0/s1. The van der Waals surface area contributed by atoms with Crippen LogP contribution in [0.25, 0.3) is 0 Å². The Hall–Kier alpha value is -2.80. The van der Waals surface area contributed by atoms with E-state index in [4.69, 9.17) is 9.15 Å². The van der Waals surface area contributed by atoms with Crippen LogP contribution in [0.3, 0.4) is 0 Å². The number of nitrogens with one attached hydrogen (secondary N) is 1. The minimum atomic E-state index is -0.280. The Morgan fingerprint density at radius 3 is 2.38 bits per heavy atom. The summed E-state index contributed by atoms with van der Waals surface area (Å²) < 4.78 is 10.3. The number of nitrogens with zero attached hydrogens (tertiary/aromatic N) is 2. The molecule has 1 saturated heterocycles. The van der Waals surface area contributed by atoms with Crippen LogP contribution in [0.1, 0.15) is 17.5 Å². The van der Waals surface area contributed by atoms with Gasteiger partial charge < -0.3 is 19.4 Å². The summed E-state index contributed by atoms with van der Waals surface area (Å²) in [5.74, 6) is 0.920. The van der Waals surface area contributed by atoms with Crippen LogP contribution >= 0.6 is 0 Å². The first-order chi connectivity index (χ1) is 12.6. The molecule has 1 aliphatic heterocycles. The van der Waals surface area contributed by atoms with Crippen LogP contribution in [0.4, 0.5) is 5.69 Å². The summed E-state index contributed by atoms with van der Waals surface area (Å²) in [7, 11) is 1.60. The summed E-state index contributed by atoms with van der Waals surface area (Å²) in [6.45, 7) is 4.30. The van der Waals surface area contributed by atoms with Gasteiger partial charge in [-0.05, 0) is 43.3 Å². The lowest BCUT2D eigenvalue weighted by Crippen LogP contribution is -2.54. The highest BCUT2D eigenvalue weighted by molar-refractivity contribution is 5.94. The van der Waals surface area contributed by atoms with Crippen molar-refractivity contribution in [3.05, 3.63) is 48.4 Å². The molecule has 2 amide bonds. The molecule has 1 aromatic heterocycles. The predicted molar refractivity (Wildman–Crippen MR) is 97.3 cm³/mol. The number of hydrogen-bond donors (Lipinski definition) is 1. The zero-order valence-electron chi connectivity index (χ0n) is 15.0. The lowest BCUT2D eigenvalue weighted by molar-refractivity contribution is -0.121. The quantitative estimate of drug-likeness (QED) is 0.887. The lowest BCUT2D eigenvalue weighted by Gasteiger charge is -2.37. The van der Waals surface area contributed by atoms with Crippen molar-refractivity contribution in [1.82, 2.24) is 9.80 Å². The van der Waals surface area contributed by atoms with Crippen molar-refractivity contribution >= 4 is 17.5 Å². The number of piperazine rings is 1. The van der Waals surface area contributed by atoms with Gasteiger partial charge >= 0.3 is 0 Å². The average molecular weight is 357 g/mol. The largest absolute Gasteiger partial charge is 0.497 e. The highest BCUT2D eigenvalue weighted by Gasteiger charge is 2.28. The number of rotatable bonds is 5. The summed E-state index contributed by atoms with van der Waals surface area (Å²) in [5, 5.41) is 2.91. The number of carbonyl (C=O) groups excluding carboxylic acids is 2. The first kappa shape index (κ1) is 18.0. The van der Waals surface area contributed by atoms with Gasteiger partial charge in [0.05, 0.1) is 19.4 Å². The minimum absolute atomic E-state index is 0.0685. The fraction of sp³-hybridized carbons (Fsp3) is 0.368. The molecule has 7 nitrogen and oxygen atoms in total. The van der Waals surface area contributed by atoms with Crippen molar-refractivity contribution in [2.75, 3.05) is 38.6 Å². The molecule has 1 aromatic carbocycles. The van der Waals surface area contributed by atoms with Crippen molar-refractivity contribution in [3.8, 4) is 5.75 Å². The second-order valence-electron chi connectivity index (χ2n) is 6.20. The molecule has 3 rings (SSSR count). The average Bonchev–Trinajstić information content (AvgIpc) is 3.22. The Balaban J connectivity index is 1.51. The van der Waals surface area contributed by atoms with E-state index < -0.39 is 0 Å². The van der Waals surface area contributed by atoms with E-state index in [0.29, 0.717) is 31.9 Å². The van der Waals surface area contributed by atoms with Crippen LogP contribution < -0.4 is 10.1 Å². The molecule has 2 heterocycles. The van der Waals surface area contributed by atoms with Gasteiger partial charge in [-0.2, -0.15) is 0 Å². The molecule has 2 aromatic rings. The number of hydrogen-bond acceptors (Lipinski definition) is 5. The molecule has 26 heavy (non-hydrogen) atoms. The molecule has 138 valence electrons. The van der Waals surface area contributed by atoms with Gasteiger partial charge in [0.1, 0.15) is 5.75 Å². The molecule has 0 aliphatic carbocycles. The third kappa shape index (κ3) is 4.05. The van der Waals surface area contributed by atoms with Crippen molar-refractivity contribution in [2.45, 2.75) is 13.0 Å². The van der Waals surface area contributed by atoms with E-state index in [1.807, 2.05) is 19.1 Å². The van der Waals surface area contributed by atoms with E-state index >= 15 is 0 Å². The molecule has 0 unspecified atom stereocenters. The van der Waals surface area contributed by atoms with Gasteiger partial charge in [-0.15, -0.1) is 0 Å². The van der Waals surface area contributed by atoms with Gasteiger partial charge in [0.25, 0.3) is 5.91 Å². The van der Waals surface area contributed by atoms with Crippen LogP contribution in [0, 0.1) is 0 Å². The topological polar surface area (TPSA) is 75.0 Å². The SMILES string of the molecule is COc1ccc(NC(=O)[C@H](C)N2CCN(C(=O)c3ccco3)CC2)cc1. The number of furan rings is 1. The number of anilines is 1. The van der Waals surface area contributed by atoms with Gasteiger partial charge in [0.2, 0.25) is 5.91 Å². The predicted octanol–water partition coefficient (Wildman–Crippen LogP) is 2.07. The summed E-state index contributed by atoms with van der Waals surface area (Å²) in [5.41, 5.74) is 0.731. The van der Waals surface area contributed by atoms with Crippen molar-refractivity contribution in [3.63, 3.8) is 0 Å². The first-order valence-electron chi connectivity index (χ1n) is 8.60. The van der Waals surface area contributed by atoms with Crippen LogP contribution in [0.5, 0.6) is 5.75 Å². The lowest BCUT2D eigenvalue weighted by atomic mass is 10.2. The smallest absolute Gasteiger partial charge is 0.289 e. The highest BCUT2D eigenvalue weighted by atomic mass is 16.5. The Morgan fingerprint density at radius 2 is 1.81 bits per heavy atom. The summed E-state index contributed by atoms with van der Waals surface area (Å²) in [4.78, 5) is 28.6. The summed E-state index contributed by atoms with van der Waals surface area (Å²) in [6.07, 6.45) is 1.50. The fourth-order valence-corrected chi connectivity index (χ4v) is 2.96. The number of benzene rings is 1. The van der Waals surface area contributed by atoms with Crippen LogP contribution in [0.15, 0.2) is 47.1 Å².